The van der Waals surface area contributed by atoms with Crippen molar-refractivity contribution in [2.45, 2.75) is 6.61 Å². The van der Waals surface area contributed by atoms with Crippen molar-refractivity contribution in [1.82, 2.24) is 0 Å². The first-order valence-corrected chi connectivity index (χ1v) is 5.89. The number of nitriles is 1. The first-order chi connectivity index (χ1) is 9.65. The van der Waals surface area contributed by atoms with Crippen LogP contribution in [0.3, 0.4) is 0 Å². The van der Waals surface area contributed by atoms with Crippen LogP contribution in [0.1, 0.15) is 11.1 Å². The number of methoxy groups -OCH3 is 1. The maximum absolute atomic E-state index is 13.0. The van der Waals surface area contributed by atoms with Crippen LogP contribution in [0.15, 0.2) is 36.4 Å². The van der Waals surface area contributed by atoms with Gasteiger partial charge in [0.15, 0.2) is 0 Å². The van der Waals surface area contributed by atoms with Crippen LogP contribution in [-0.4, -0.2) is 7.11 Å². The molecular formula is C15H13FN2O2. The number of nitrogens with zero attached hydrogens (tertiary/aromatic N) is 1. The molecule has 20 heavy (non-hydrogen) atoms. The van der Waals surface area contributed by atoms with Crippen molar-refractivity contribution in [3.05, 3.63) is 53.3 Å². The molecule has 2 aromatic rings. The van der Waals surface area contributed by atoms with E-state index in [9.17, 15) is 4.39 Å². The first-order valence-electron chi connectivity index (χ1n) is 5.89. The maximum atomic E-state index is 13.0. The van der Waals surface area contributed by atoms with Crippen molar-refractivity contribution >= 4 is 5.69 Å². The van der Waals surface area contributed by atoms with Crippen molar-refractivity contribution < 1.29 is 13.9 Å². The lowest BCUT2D eigenvalue weighted by Crippen LogP contribution is -2.03. The molecule has 0 aromatic heterocycles. The minimum absolute atomic E-state index is 0.126. The highest BCUT2D eigenvalue weighted by Crippen LogP contribution is 2.28. The molecule has 102 valence electrons. The summed E-state index contributed by atoms with van der Waals surface area (Å²) in [5, 5.41) is 9.16. The molecule has 0 aliphatic rings. The van der Waals surface area contributed by atoms with Crippen LogP contribution in [0.4, 0.5) is 10.1 Å². The Morgan fingerprint density at radius 1 is 1.30 bits per heavy atom. The van der Waals surface area contributed by atoms with E-state index in [4.69, 9.17) is 20.5 Å². The van der Waals surface area contributed by atoms with E-state index < -0.39 is 0 Å². The normalized spacial score (nSPS) is 9.85. The van der Waals surface area contributed by atoms with Gasteiger partial charge in [0.05, 0.1) is 18.4 Å². The van der Waals surface area contributed by atoms with Crippen molar-refractivity contribution in [1.29, 1.82) is 5.26 Å². The molecular weight excluding hydrogens is 259 g/mol. The molecule has 2 N–H and O–H groups in total. The van der Waals surface area contributed by atoms with Gasteiger partial charge in [-0.05, 0) is 18.2 Å². The Morgan fingerprint density at radius 2 is 2.10 bits per heavy atom. The van der Waals surface area contributed by atoms with Gasteiger partial charge in [0.2, 0.25) is 0 Å². The summed E-state index contributed by atoms with van der Waals surface area (Å²) in [5.41, 5.74) is 7.04. The summed E-state index contributed by atoms with van der Waals surface area (Å²) in [6.07, 6.45) is 0. The molecule has 0 saturated heterocycles. The number of benzene rings is 2. The summed E-state index contributed by atoms with van der Waals surface area (Å²) in [5.74, 6) is 0.455. The number of nitrogen functional groups attached to an aromatic ring is 1. The molecule has 0 unspecified atom stereocenters. The smallest absolute Gasteiger partial charge is 0.143 e. The van der Waals surface area contributed by atoms with E-state index in [0.29, 0.717) is 22.6 Å². The number of halogens is 1. The van der Waals surface area contributed by atoms with E-state index in [1.165, 1.54) is 19.2 Å². The summed E-state index contributed by atoms with van der Waals surface area (Å²) in [7, 11) is 1.48. The fourth-order valence-corrected chi connectivity index (χ4v) is 1.79. The van der Waals surface area contributed by atoms with Gasteiger partial charge < -0.3 is 15.2 Å². The Labute approximate surface area is 116 Å². The Kier molecular flexibility index (Phi) is 4.06. The number of ether oxygens (including phenoxy) is 2. The number of hydrogen-bond acceptors (Lipinski definition) is 4. The van der Waals surface area contributed by atoms with Crippen LogP contribution >= 0.6 is 0 Å². The third-order valence-corrected chi connectivity index (χ3v) is 2.81. The van der Waals surface area contributed by atoms with E-state index in [2.05, 4.69) is 0 Å². The van der Waals surface area contributed by atoms with E-state index >= 15 is 0 Å². The SMILES string of the molecule is COc1ccc(COc2cccc(F)c2)c(C#N)c1N. The van der Waals surface area contributed by atoms with E-state index in [0.717, 1.165) is 0 Å². The fourth-order valence-electron chi connectivity index (χ4n) is 1.79. The number of rotatable bonds is 4. The standard InChI is InChI=1S/C15H13FN2O2/c1-19-14-6-5-10(13(8-17)15(14)18)9-20-12-4-2-3-11(16)7-12/h2-7H,9,18H2,1H3. The highest BCUT2D eigenvalue weighted by Gasteiger charge is 2.11. The average Bonchev–Trinajstić information content (AvgIpc) is 2.45. The monoisotopic (exact) mass is 272 g/mol. The van der Waals surface area contributed by atoms with Gasteiger partial charge in [-0.3, -0.25) is 0 Å². The second-order valence-electron chi connectivity index (χ2n) is 4.07. The quantitative estimate of drug-likeness (QED) is 0.869. The van der Waals surface area contributed by atoms with Crippen LogP contribution in [0.2, 0.25) is 0 Å². The molecule has 2 rings (SSSR count). The van der Waals surface area contributed by atoms with E-state index in [1.54, 1.807) is 24.3 Å². The molecule has 0 spiro atoms. The highest BCUT2D eigenvalue weighted by molar-refractivity contribution is 5.66. The van der Waals surface area contributed by atoms with E-state index in [1.807, 2.05) is 6.07 Å². The molecule has 2 aromatic carbocycles. The lowest BCUT2D eigenvalue weighted by molar-refractivity contribution is 0.304. The van der Waals surface area contributed by atoms with Crippen molar-refractivity contribution in [2.24, 2.45) is 0 Å². The molecule has 0 aliphatic carbocycles. The van der Waals surface area contributed by atoms with Gasteiger partial charge in [-0.25, -0.2) is 4.39 Å². The third kappa shape index (κ3) is 2.81. The van der Waals surface area contributed by atoms with Gasteiger partial charge in [0.1, 0.15) is 30.0 Å². The van der Waals surface area contributed by atoms with E-state index in [-0.39, 0.29) is 18.1 Å². The molecule has 0 fully saturated rings. The molecule has 0 heterocycles. The van der Waals surface area contributed by atoms with Gasteiger partial charge in [0, 0.05) is 11.6 Å². The Morgan fingerprint density at radius 3 is 2.75 bits per heavy atom. The molecule has 0 amide bonds. The lowest BCUT2D eigenvalue weighted by Gasteiger charge is -2.11. The van der Waals surface area contributed by atoms with Gasteiger partial charge in [0.25, 0.3) is 0 Å². The van der Waals surface area contributed by atoms with Crippen LogP contribution in [0, 0.1) is 17.1 Å². The molecule has 0 aliphatic heterocycles. The van der Waals surface area contributed by atoms with Crippen molar-refractivity contribution in [3.63, 3.8) is 0 Å². The van der Waals surface area contributed by atoms with Crippen molar-refractivity contribution in [3.8, 4) is 17.6 Å². The number of nitrogens with two attached hydrogens (primary N) is 1. The zero-order valence-corrected chi connectivity index (χ0v) is 10.9. The fraction of sp³-hybridized carbons (Fsp3) is 0.133. The van der Waals surface area contributed by atoms with Crippen LogP contribution < -0.4 is 15.2 Å². The molecule has 5 heteroatoms. The maximum Gasteiger partial charge on any atom is 0.143 e. The Balaban J connectivity index is 2.22. The van der Waals surface area contributed by atoms with Gasteiger partial charge >= 0.3 is 0 Å². The Hall–Kier alpha value is -2.74. The zero-order chi connectivity index (χ0) is 14.5. The minimum Gasteiger partial charge on any atom is -0.495 e. The van der Waals surface area contributed by atoms with Gasteiger partial charge in [-0.1, -0.05) is 12.1 Å². The van der Waals surface area contributed by atoms with Crippen LogP contribution in [-0.2, 0) is 6.61 Å². The number of anilines is 1. The summed E-state index contributed by atoms with van der Waals surface area (Å²) in [6, 6.07) is 11.2. The second kappa shape index (κ2) is 5.93. The largest absolute Gasteiger partial charge is 0.495 e. The Bertz CT molecular complexity index is 665. The van der Waals surface area contributed by atoms with Crippen LogP contribution in [0.5, 0.6) is 11.5 Å². The van der Waals surface area contributed by atoms with Gasteiger partial charge in [-0.15, -0.1) is 0 Å². The lowest BCUT2D eigenvalue weighted by atomic mass is 10.1. The second-order valence-corrected chi connectivity index (χ2v) is 4.07. The molecule has 0 bridgehead atoms. The minimum atomic E-state index is -0.378. The highest BCUT2D eigenvalue weighted by atomic mass is 19.1. The topological polar surface area (TPSA) is 68.3 Å². The first kappa shape index (κ1) is 13.7. The summed E-state index contributed by atoms with van der Waals surface area (Å²) < 4.78 is 23.5. The van der Waals surface area contributed by atoms with Gasteiger partial charge in [-0.2, -0.15) is 5.26 Å². The number of hydrogen-bond donors (Lipinski definition) is 1. The third-order valence-electron chi connectivity index (χ3n) is 2.81. The van der Waals surface area contributed by atoms with Crippen molar-refractivity contribution in [2.75, 3.05) is 12.8 Å². The summed E-state index contributed by atoms with van der Waals surface area (Å²) in [4.78, 5) is 0. The molecule has 0 radical (unpaired) electrons. The van der Waals surface area contributed by atoms with Crippen LogP contribution in [0.25, 0.3) is 0 Å². The predicted molar refractivity (Wildman–Crippen MR) is 72.9 cm³/mol. The average molecular weight is 272 g/mol. The summed E-state index contributed by atoms with van der Waals surface area (Å²) >= 11 is 0. The predicted octanol–water partition coefficient (Wildman–Crippen LogP) is 2.87. The molecule has 0 atom stereocenters. The summed E-state index contributed by atoms with van der Waals surface area (Å²) in [6.45, 7) is 0.126. The zero-order valence-electron chi connectivity index (χ0n) is 10.9. The molecule has 4 nitrogen and oxygen atoms in total. The molecule has 0 saturated carbocycles.